The highest BCUT2D eigenvalue weighted by Gasteiger charge is 2.44. The van der Waals surface area contributed by atoms with Crippen LogP contribution in [0, 0.1) is 0 Å². The zero-order chi connectivity index (χ0) is 40.2. The van der Waals surface area contributed by atoms with Crippen LogP contribution in [0.15, 0.2) is 24.3 Å². The lowest BCUT2D eigenvalue weighted by Crippen LogP contribution is -2.60. The van der Waals surface area contributed by atoms with Gasteiger partial charge in [0.15, 0.2) is 6.29 Å². The molecule has 1 fully saturated rings. The van der Waals surface area contributed by atoms with Crippen molar-refractivity contribution in [2.75, 3.05) is 13.2 Å². The quantitative estimate of drug-likeness (QED) is 0.0268. The summed E-state index contributed by atoms with van der Waals surface area (Å²) < 4.78 is 11.2. The third-order valence-electron chi connectivity index (χ3n) is 11.1. The number of rotatable bonds is 38. The molecular formula is C46H87NO8. The molecule has 1 aliphatic heterocycles. The zero-order valence-electron chi connectivity index (χ0n) is 35.4. The first-order valence-electron chi connectivity index (χ1n) is 23.1. The second-order valence-corrected chi connectivity index (χ2v) is 16.2. The molecule has 1 rings (SSSR count). The maximum atomic E-state index is 12.9. The number of ether oxygens (including phenoxy) is 2. The smallest absolute Gasteiger partial charge is 0.220 e. The first kappa shape index (κ1) is 51.7. The monoisotopic (exact) mass is 782 g/mol. The molecule has 1 amide bonds. The summed E-state index contributed by atoms with van der Waals surface area (Å²) in [5, 5.41) is 54.1. The van der Waals surface area contributed by atoms with Gasteiger partial charge in [-0.1, -0.05) is 199 Å². The van der Waals surface area contributed by atoms with Gasteiger partial charge in [0.2, 0.25) is 5.91 Å². The molecule has 324 valence electrons. The Hall–Kier alpha value is -1.33. The van der Waals surface area contributed by atoms with Gasteiger partial charge in [0.1, 0.15) is 24.4 Å². The van der Waals surface area contributed by atoms with Crippen molar-refractivity contribution in [2.24, 2.45) is 0 Å². The zero-order valence-corrected chi connectivity index (χ0v) is 35.4. The molecule has 0 saturated carbocycles. The minimum atomic E-state index is -1.57. The second-order valence-electron chi connectivity index (χ2n) is 16.2. The molecule has 9 heteroatoms. The highest BCUT2D eigenvalue weighted by Crippen LogP contribution is 2.22. The van der Waals surface area contributed by atoms with Crippen LogP contribution in [0.2, 0.25) is 0 Å². The number of aliphatic hydroxyl groups excluding tert-OH is 5. The van der Waals surface area contributed by atoms with Crippen molar-refractivity contribution in [1.29, 1.82) is 0 Å². The molecule has 9 nitrogen and oxygen atoms in total. The number of unbranched alkanes of at least 4 members (excludes halogenated alkanes) is 26. The van der Waals surface area contributed by atoms with Crippen molar-refractivity contribution in [3.05, 3.63) is 24.3 Å². The van der Waals surface area contributed by atoms with Crippen LogP contribution in [0.25, 0.3) is 0 Å². The lowest BCUT2D eigenvalue weighted by molar-refractivity contribution is -0.302. The maximum absolute atomic E-state index is 12.9. The van der Waals surface area contributed by atoms with E-state index in [0.29, 0.717) is 12.8 Å². The number of allylic oxidation sites excluding steroid dienone is 3. The third kappa shape index (κ3) is 27.9. The molecule has 0 aromatic heterocycles. The van der Waals surface area contributed by atoms with E-state index in [1.807, 2.05) is 6.08 Å². The predicted molar refractivity (Wildman–Crippen MR) is 226 cm³/mol. The van der Waals surface area contributed by atoms with Crippen LogP contribution in [0.1, 0.15) is 206 Å². The molecule has 0 aliphatic carbocycles. The third-order valence-corrected chi connectivity index (χ3v) is 11.1. The Morgan fingerprint density at radius 1 is 0.618 bits per heavy atom. The van der Waals surface area contributed by atoms with Gasteiger partial charge in [-0.3, -0.25) is 4.79 Å². The highest BCUT2D eigenvalue weighted by molar-refractivity contribution is 5.76. The summed E-state index contributed by atoms with van der Waals surface area (Å²) in [5.41, 5.74) is 0. The Balaban J connectivity index is 2.34. The molecule has 55 heavy (non-hydrogen) atoms. The number of hydrogen-bond donors (Lipinski definition) is 6. The van der Waals surface area contributed by atoms with E-state index in [4.69, 9.17) is 9.47 Å². The van der Waals surface area contributed by atoms with E-state index in [-0.39, 0.29) is 12.5 Å². The van der Waals surface area contributed by atoms with Crippen molar-refractivity contribution < 1.29 is 39.8 Å². The fraction of sp³-hybridized carbons (Fsp3) is 0.891. The SMILES string of the molecule is CCCCCCCCCCC=CCC=CC(O)C(COC1OC(CO)C(O)C(O)C1O)NC(=O)CCCCCCCCCCCCCCCCCCCCC. The van der Waals surface area contributed by atoms with Gasteiger partial charge >= 0.3 is 0 Å². The van der Waals surface area contributed by atoms with Crippen LogP contribution in [0.3, 0.4) is 0 Å². The Morgan fingerprint density at radius 2 is 1.07 bits per heavy atom. The molecular weight excluding hydrogens is 695 g/mol. The summed E-state index contributed by atoms with van der Waals surface area (Å²) in [4.78, 5) is 12.9. The number of nitrogens with one attached hydrogen (secondary N) is 1. The van der Waals surface area contributed by atoms with Gasteiger partial charge in [0.25, 0.3) is 0 Å². The molecule has 0 bridgehead atoms. The van der Waals surface area contributed by atoms with E-state index in [1.54, 1.807) is 6.08 Å². The fourth-order valence-corrected chi connectivity index (χ4v) is 7.31. The average molecular weight is 782 g/mol. The fourth-order valence-electron chi connectivity index (χ4n) is 7.31. The molecule has 0 aromatic rings. The lowest BCUT2D eigenvalue weighted by atomic mass is 9.99. The van der Waals surface area contributed by atoms with Gasteiger partial charge < -0.3 is 40.3 Å². The number of hydrogen-bond acceptors (Lipinski definition) is 8. The predicted octanol–water partition coefficient (Wildman–Crippen LogP) is 9.50. The highest BCUT2D eigenvalue weighted by atomic mass is 16.7. The van der Waals surface area contributed by atoms with Gasteiger partial charge in [-0.2, -0.15) is 0 Å². The van der Waals surface area contributed by atoms with Crippen molar-refractivity contribution in [3.8, 4) is 0 Å². The molecule has 0 aromatic carbocycles. The summed E-state index contributed by atoms with van der Waals surface area (Å²) in [6, 6.07) is -0.822. The molecule has 6 N–H and O–H groups in total. The van der Waals surface area contributed by atoms with Crippen molar-refractivity contribution >= 4 is 5.91 Å². The standard InChI is InChI=1S/C46H87NO8/c1-3-5-7-9-11-13-15-17-18-19-20-21-22-24-26-28-30-32-34-36-42(50)47-39(38-54-46-45(53)44(52)43(51)41(37-48)55-46)40(49)35-33-31-29-27-25-23-16-14-12-10-8-6-4-2/h27,29,33,35,39-41,43-46,48-49,51-53H,3-26,28,30-32,34,36-38H2,1-2H3,(H,47,50). The van der Waals surface area contributed by atoms with Crippen LogP contribution in [-0.2, 0) is 14.3 Å². The Labute approximate surface area is 337 Å². The van der Waals surface area contributed by atoms with E-state index in [1.165, 1.54) is 154 Å². The van der Waals surface area contributed by atoms with Gasteiger partial charge in [-0.25, -0.2) is 0 Å². The van der Waals surface area contributed by atoms with Crippen molar-refractivity contribution in [2.45, 2.75) is 249 Å². The molecule has 1 heterocycles. The van der Waals surface area contributed by atoms with Crippen molar-refractivity contribution in [1.82, 2.24) is 5.32 Å². The minimum Gasteiger partial charge on any atom is -0.394 e. The summed E-state index contributed by atoms with van der Waals surface area (Å²) in [6.07, 6.45) is 36.6. The second kappa shape index (κ2) is 37.0. The van der Waals surface area contributed by atoms with Gasteiger partial charge in [-0.05, 0) is 25.7 Å². The van der Waals surface area contributed by atoms with Crippen LogP contribution in [0.4, 0.5) is 0 Å². The van der Waals surface area contributed by atoms with Crippen molar-refractivity contribution in [3.63, 3.8) is 0 Å². The maximum Gasteiger partial charge on any atom is 0.220 e. The molecule has 1 aliphatic rings. The normalized spacial score (nSPS) is 21.5. The van der Waals surface area contributed by atoms with E-state index in [0.717, 1.165) is 25.7 Å². The lowest BCUT2D eigenvalue weighted by Gasteiger charge is -2.40. The summed E-state index contributed by atoms with van der Waals surface area (Å²) in [5.74, 6) is -0.188. The molecule has 0 spiro atoms. The summed E-state index contributed by atoms with van der Waals surface area (Å²) >= 11 is 0. The van der Waals surface area contributed by atoms with Gasteiger partial charge in [-0.15, -0.1) is 0 Å². The Morgan fingerprint density at radius 3 is 1.55 bits per heavy atom. The van der Waals surface area contributed by atoms with Gasteiger partial charge in [0, 0.05) is 6.42 Å². The van der Waals surface area contributed by atoms with Crippen LogP contribution < -0.4 is 5.32 Å². The van der Waals surface area contributed by atoms with Gasteiger partial charge in [0.05, 0.1) is 25.4 Å². The number of carbonyl (C=O) groups excluding carboxylic acids is 1. The largest absolute Gasteiger partial charge is 0.394 e. The number of aliphatic hydroxyl groups is 5. The van der Waals surface area contributed by atoms with Crippen LogP contribution >= 0.6 is 0 Å². The first-order valence-corrected chi connectivity index (χ1v) is 23.1. The number of carbonyl (C=O) groups is 1. The van der Waals surface area contributed by atoms with E-state index in [9.17, 15) is 30.3 Å². The Bertz CT molecular complexity index is 914. The van der Waals surface area contributed by atoms with E-state index < -0.39 is 49.5 Å². The van der Waals surface area contributed by atoms with E-state index >= 15 is 0 Å². The molecule has 1 saturated heterocycles. The molecule has 0 radical (unpaired) electrons. The molecule has 7 unspecified atom stereocenters. The van der Waals surface area contributed by atoms with E-state index in [2.05, 4.69) is 31.3 Å². The molecule has 7 atom stereocenters. The average Bonchev–Trinajstić information content (AvgIpc) is 3.18. The van der Waals surface area contributed by atoms with Crippen LogP contribution in [-0.4, -0.2) is 87.5 Å². The first-order chi connectivity index (χ1) is 26.8. The summed E-state index contributed by atoms with van der Waals surface area (Å²) in [7, 11) is 0. The Kier molecular flexibility index (Phi) is 34.7. The topological polar surface area (TPSA) is 149 Å². The van der Waals surface area contributed by atoms with Crippen LogP contribution in [0.5, 0.6) is 0 Å². The number of amides is 1. The minimum absolute atomic E-state index is 0.188. The summed E-state index contributed by atoms with van der Waals surface area (Å²) in [6.45, 7) is 3.75.